The Morgan fingerprint density at radius 3 is 2.56 bits per heavy atom. The van der Waals surface area contributed by atoms with Gasteiger partial charge in [-0.1, -0.05) is 37.9 Å². The lowest BCUT2D eigenvalue weighted by molar-refractivity contribution is -0.0453. The lowest BCUT2D eigenvalue weighted by Gasteiger charge is -2.39. The van der Waals surface area contributed by atoms with Gasteiger partial charge in [0.15, 0.2) is 0 Å². The van der Waals surface area contributed by atoms with Gasteiger partial charge in [-0.2, -0.15) is 0 Å². The van der Waals surface area contributed by atoms with Gasteiger partial charge in [0.25, 0.3) is 0 Å². The van der Waals surface area contributed by atoms with Crippen LogP contribution in [0.25, 0.3) is 0 Å². The van der Waals surface area contributed by atoms with E-state index in [0.29, 0.717) is 5.92 Å². The zero-order valence-electron chi connectivity index (χ0n) is 12.0. The molecule has 18 heavy (non-hydrogen) atoms. The van der Waals surface area contributed by atoms with Crippen LogP contribution in [0.2, 0.25) is 5.82 Å². The van der Waals surface area contributed by atoms with Crippen LogP contribution in [0.4, 0.5) is 0 Å². The van der Waals surface area contributed by atoms with Crippen LogP contribution in [0.1, 0.15) is 58.3 Å². The Hall–Kier alpha value is -0.0151. The van der Waals surface area contributed by atoms with Crippen LogP contribution in [0.3, 0.4) is 0 Å². The van der Waals surface area contributed by atoms with Gasteiger partial charge in [0.2, 0.25) is 0 Å². The van der Waals surface area contributed by atoms with Gasteiger partial charge in [0.1, 0.15) is 7.85 Å². The molecule has 3 heteroatoms. The third kappa shape index (κ3) is 3.51. The average molecular weight is 252 g/mol. The van der Waals surface area contributed by atoms with E-state index in [0.717, 1.165) is 24.6 Å². The Morgan fingerprint density at radius 2 is 1.89 bits per heavy atom. The topological polar surface area (TPSA) is 40.5 Å². The molecule has 2 saturated carbocycles. The highest BCUT2D eigenvalue weighted by atomic mass is 16.3. The molecule has 0 bridgehead atoms. The summed E-state index contributed by atoms with van der Waals surface area (Å²) in [5, 5.41) is 20.2. The van der Waals surface area contributed by atoms with Gasteiger partial charge in [-0.3, -0.25) is 0 Å². The molecular formula is C15H29BO2. The highest BCUT2D eigenvalue weighted by Gasteiger charge is 2.35. The first-order valence-corrected chi connectivity index (χ1v) is 7.94. The maximum absolute atomic E-state index is 10.4. The van der Waals surface area contributed by atoms with Crippen LogP contribution in [0.15, 0.2) is 0 Å². The first kappa shape index (κ1) is 14.4. The van der Waals surface area contributed by atoms with Crippen LogP contribution in [0, 0.1) is 17.8 Å². The van der Waals surface area contributed by atoms with Crippen molar-refractivity contribution in [2.24, 2.45) is 17.8 Å². The van der Waals surface area contributed by atoms with Gasteiger partial charge < -0.3 is 10.2 Å². The van der Waals surface area contributed by atoms with Gasteiger partial charge in [-0.05, 0) is 38.0 Å². The second kappa shape index (κ2) is 6.43. The van der Waals surface area contributed by atoms with E-state index in [9.17, 15) is 10.2 Å². The summed E-state index contributed by atoms with van der Waals surface area (Å²) in [6, 6.07) is 0. The summed E-state index contributed by atoms with van der Waals surface area (Å²) >= 11 is 0. The minimum atomic E-state index is -0.354. The normalized spacial score (nSPS) is 43.6. The summed E-state index contributed by atoms with van der Waals surface area (Å²) in [5.41, 5.74) is 0. The van der Waals surface area contributed by atoms with E-state index in [1.807, 2.05) is 6.92 Å². The highest BCUT2D eigenvalue weighted by Crippen LogP contribution is 2.40. The third-order valence-corrected chi connectivity index (χ3v) is 5.33. The number of hydrogen-bond acceptors (Lipinski definition) is 2. The van der Waals surface area contributed by atoms with E-state index >= 15 is 0 Å². The van der Waals surface area contributed by atoms with Gasteiger partial charge in [-0.25, -0.2) is 0 Å². The van der Waals surface area contributed by atoms with Crippen LogP contribution in [-0.2, 0) is 0 Å². The van der Waals surface area contributed by atoms with Crippen molar-refractivity contribution in [3.63, 3.8) is 0 Å². The Bertz CT molecular complexity index is 257. The molecule has 0 heterocycles. The van der Waals surface area contributed by atoms with E-state index in [-0.39, 0.29) is 18.1 Å². The predicted octanol–water partition coefficient (Wildman–Crippen LogP) is 2.15. The summed E-state index contributed by atoms with van der Waals surface area (Å²) in [6.45, 7) is 1.83. The van der Waals surface area contributed by atoms with Crippen molar-refractivity contribution < 1.29 is 10.2 Å². The molecule has 6 atom stereocenters. The average Bonchev–Trinajstić information content (AvgIpc) is 2.31. The molecule has 2 aliphatic rings. The van der Waals surface area contributed by atoms with Gasteiger partial charge in [0.05, 0.1) is 12.2 Å². The smallest absolute Gasteiger partial charge is 0.105 e. The fourth-order valence-corrected chi connectivity index (χ4v) is 4.29. The number of aliphatic hydroxyl groups excluding tert-OH is 2. The second-order valence-electron chi connectivity index (χ2n) is 6.96. The molecular weight excluding hydrogens is 223 g/mol. The molecule has 2 fully saturated rings. The van der Waals surface area contributed by atoms with E-state index in [4.69, 9.17) is 0 Å². The van der Waals surface area contributed by atoms with Crippen molar-refractivity contribution in [3.05, 3.63) is 0 Å². The third-order valence-electron chi connectivity index (χ3n) is 5.33. The summed E-state index contributed by atoms with van der Waals surface area (Å²) in [6.07, 6.45) is 9.37. The summed E-state index contributed by atoms with van der Waals surface area (Å²) in [7, 11) is 2.36. The molecule has 0 aromatic heterocycles. The predicted molar refractivity (Wildman–Crippen MR) is 77.4 cm³/mol. The van der Waals surface area contributed by atoms with Gasteiger partial charge in [-0.15, -0.1) is 0 Å². The molecule has 0 saturated heterocycles. The molecule has 0 amide bonds. The molecule has 2 rings (SSSR count). The summed E-state index contributed by atoms with van der Waals surface area (Å²) in [5.74, 6) is 2.25. The van der Waals surface area contributed by atoms with Crippen LogP contribution in [0.5, 0.6) is 0 Å². The van der Waals surface area contributed by atoms with Gasteiger partial charge in [0, 0.05) is 5.92 Å². The Morgan fingerprint density at radius 1 is 1.17 bits per heavy atom. The van der Waals surface area contributed by atoms with Crippen LogP contribution < -0.4 is 0 Å². The van der Waals surface area contributed by atoms with Crippen molar-refractivity contribution in [1.82, 2.24) is 0 Å². The summed E-state index contributed by atoms with van der Waals surface area (Å²) in [4.78, 5) is 0. The first-order valence-electron chi connectivity index (χ1n) is 7.94. The molecule has 2 nitrogen and oxygen atoms in total. The minimum absolute atomic E-state index is 0.116. The quantitative estimate of drug-likeness (QED) is 0.755. The number of rotatable bonds is 3. The van der Waals surface area contributed by atoms with E-state index in [1.54, 1.807) is 0 Å². The maximum Gasteiger partial charge on any atom is 0.105 e. The fourth-order valence-electron chi connectivity index (χ4n) is 4.29. The molecule has 0 spiro atoms. The zero-order chi connectivity index (χ0) is 13.1. The van der Waals surface area contributed by atoms with Crippen molar-refractivity contribution in [2.45, 2.75) is 76.3 Å². The van der Waals surface area contributed by atoms with Crippen molar-refractivity contribution in [3.8, 4) is 0 Å². The van der Waals surface area contributed by atoms with E-state index in [2.05, 4.69) is 7.85 Å². The molecule has 0 aromatic carbocycles. The fraction of sp³-hybridized carbons (Fsp3) is 1.00. The molecule has 4 unspecified atom stereocenters. The minimum Gasteiger partial charge on any atom is -0.393 e. The van der Waals surface area contributed by atoms with Crippen LogP contribution in [-0.4, -0.2) is 30.3 Å². The van der Waals surface area contributed by atoms with E-state index in [1.165, 1.54) is 38.5 Å². The van der Waals surface area contributed by atoms with Crippen molar-refractivity contribution in [2.75, 3.05) is 0 Å². The zero-order valence-corrected chi connectivity index (χ0v) is 12.0. The highest BCUT2D eigenvalue weighted by molar-refractivity contribution is 6.11. The number of hydrogen-bond donors (Lipinski definition) is 2. The molecule has 104 valence electrons. The molecule has 0 aromatic rings. The van der Waals surface area contributed by atoms with E-state index < -0.39 is 0 Å². The second-order valence-corrected chi connectivity index (χ2v) is 6.96. The monoisotopic (exact) mass is 252 g/mol. The Kier molecular flexibility index (Phi) is 5.14. The summed E-state index contributed by atoms with van der Waals surface area (Å²) < 4.78 is 0. The van der Waals surface area contributed by atoms with Crippen molar-refractivity contribution >= 4 is 7.85 Å². The lowest BCUT2D eigenvalue weighted by Crippen LogP contribution is -2.40. The number of aliphatic hydroxyl groups is 2. The van der Waals surface area contributed by atoms with Crippen LogP contribution >= 0.6 is 0 Å². The Balaban J connectivity index is 1.87. The molecule has 2 aliphatic carbocycles. The standard InChI is InChI=1S/C15H29BO2/c1-10(17)14-7-3-5-12(15(14)18)8-11-4-2-6-13(16)9-11/h10-15,17-18H,2-9,16H2,1H3/t10?,11?,12?,13?,14-,15-/m1/s1. The molecule has 0 radical (unpaired) electrons. The SMILES string of the molecule is BC1CCCC(CC2CCC[C@H](C(C)O)[C@@H]2O)C1. The Labute approximate surface area is 113 Å². The maximum atomic E-state index is 10.4. The first-order chi connectivity index (χ1) is 8.58. The molecule has 0 aliphatic heterocycles. The largest absolute Gasteiger partial charge is 0.393 e. The van der Waals surface area contributed by atoms with Gasteiger partial charge >= 0.3 is 0 Å². The van der Waals surface area contributed by atoms with Crippen molar-refractivity contribution in [1.29, 1.82) is 0 Å². The molecule has 2 N–H and O–H groups in total. The lowest BCUT2D eigenvalue weighted by atomic mass is 9.66.